The number of nitrogens with one attached hydrogen (secondary N) is 4. The average molecular weight is 382 g/mol. The zero-order valence-electron chi connectivity index (χ0n) is 15.1. The normalized spacial score (nSPS) is 14.7. The number of carbonyl (C=O) groups is 1. The summed E-state index contributed by atoms with van der Waals surface area (Å²) in [6.45, 7) is -0.111. The summed E-state index contributed by atoms with van der Waals surface area (Å²) in [5, 5.41) is 23.6. The van der Waals surface area contributed by atoms with Gasteiger partial charge in [-0.15, -0.1) is 0 Å². The number of aliphatic hydroxyl groups excluding tert-OH is 1. The van der Waals surface area contributed by atoms with Crippen molar-refractivity contribution in [2.75, 3.05) is 19.0 Å². The second kappa shape index (κ2) is 6.68. The van der Waals surface area contributed by atoms with E-state index in [0.717, 1.165) is 12.8 Å². The molecular formula is C19H19FN6O2. The van der Waals surface area contributed by atoms with Crippen molar-refractivity contribution in [3.63, 3.8) is 0 Å². The van der Waals surface area contributed by atoms with Crippen molar-refractivity contribution >= 4 is 28.5 Å². The number of aromatic nitrogens is 3. The van der Waals surface area contributed by atoms with Gasteiger partial charge in [0.1, 0.15) is 17.0 Å². The standard InChI is InChI=1S/C19H19FN6O2/c1-22-13-6-10(20)2-3-11(13)15(21)14-8-24-17-16(25-14)12(7-23-17)18(28)26-19(9-27)4-5-19/h2-3,6-8,21-22,27H,4-5,9H2,1H3,(H,23,24)(H,26,28). The van der Waals surface area contributed by atoms with Crippen LogP contribution in [0.4, 0.5) is 10.1 Å². The quantitative estimate of drug-likeness (QED) is 0.416. The number of halogens is 1. The van der Waals surface area contributed by atoms with Crippen LogP contribution in [0.15, 0.2) is 30.6 Å². The monoisotopic (exact) mass is 382 g/mol. The summed E-state index contributed by atoms with van der Waals surface area (Å²) in [4.78, 5) is 24.2. The molecule has 1 aliphatic rings. The molecule has 4 rings (SSSR count). The maximum Gasteiger partial charge on any atom is 0.255 e. The number of aliphatic hydroxyl groups is 1. The van der Waals surface area contributed by atoms with Gasteiger partial charge < -0.3 is 20.7 Å². The highest BCUT2D eigenvalue weighted by Crippen LogP contribution is 2.35. The van der Waals surface area contributed by atoms with E-state index in [0.29, 0.717) is 28.0 Å². The molecule has 0 spiro atoms. The molecule has 5 N–H and O–H groups in total. The molecule has 3 aromatic rings. The fourth-order valence-corrected chi connectivity index (χ4v) is 3.05. The van der Waals surface area contributed by atoms with Crippen molar-refractivity contribution < 1.29 is 14.3 Å². The van der Waals surface area contributed by atoms with Crippen LogP contribution in [0.5, 0.6) is 0 Å². The lowest BCUT2D eigenvalue weighted by Crippen LogP contribution is -2.39. The van der Waals surface area contributed by atoms with Crippen LogP contribution in [0.2, 0.25) is 0 Å². The van der Waals surface area contributed by atoms with Crippen molar-refractivity contribution in [2.24, 2.45) is 0 Å². The minimum absolute atomic E-state index is 0.0559. The Morgan fingerprint density at radius 3 is 2.86 bits per heavy atom. The number of aromatic amines is 1. The summed E-state index contributed by atoms with van der Waals surface area (Å²) < 4.78 is 13.5. The lowest BCUT2D eigenvalue weighted by atomic mass is 10.1. The first-order valence-electron chi connectivity index (χ1n) is 8.80. The van der Waals surface area contributed by atoms with Gasteiger partial charge in [0.05, 0.1) is 29.6 Å². The molecule has 9 heteroatoms. The smallest absolute Gasteiger partial charge is 0.255 e. The van der Waals surface area contributed by atoms with E-state index >= 15 is 0 Å². The van der Waals surface area contributed by atoms with E-state index in [-0.39, 0.29) is 23.9 Å². The number of nitrogens with zero attached hydrogens (tertiary/aromatic N) is 2. The van der Waals surface area contributed by atoms with Gasteiger partial charge in [-0.05, 0) is 31.0 Å². The fourth-order valence-electron chi connectivity index (χ4n) is 3.05. The third-order valence-corrected chi connectivity index (χ3v) is 4.94. The van der Waals surface area contributed by atoms with E-state index in [1.54, 1.807) is 7.05 Å². The minimum Gasteiger partial charge on any atom is -0.394 e. The van der Waals surface area contributed by atoms with E-state index in [9.17, 15) is 14.3 Å². The van der Waals surface area contributed by atoms with E-state index in [1.165, 1.54) is 30.6 Å². The minimum atomic E-state index is -0.547. The van der Waals surface area contributed by atoms with Crippen LogP contribution in [0.1, 0.15) is 34.5 Å². The van der Waals surface area contributed by atoms with Gasteiger partial charge in [0, 0.05) is 24.5 Å². The first-order chi connectivity index (χ1) is 13.5. The summed E-state index contributed by atoms with van der Waals surface area (Å²) in [5.74, 6) is -0.765. The Morgan fingerprint density at radius 2 is 2.18 bits per heavy atom. The van der Waals surface area contributed by atoms with Crippen LogP contribution in [0.3, 0.4) is 0 Å². The Morgan fingerprint density at radius 1 is 1.39 bits per heavy atom. The van der Waals surface area contributed by atoms with Gasteiger partial charge in [0.25, 0.3) is 5.91 Å². The Balaban J connectivity index is 1.70. The molecule has 0 unspecified atom stereocenters. The van der Waals surface area contributed by atoms with Crippen molar-refractivity contribution in [3.8, 4) is 0 Å². The molecule has 8 nitrogen and oxygen atoms in total. The first kappa shape index (κ1) is 18.1. The molecule has 2 aromatic heterocycles. The summed E-state index contributed by atoms with van der Waals surface area (Å²) >= 11 is 0. The molecule has 0 bridgehead atoms. The van der Waals surface area contributed by atoms with Gasteiger partial charge in [-0.25, -0.2) is 14.4 Å². The molecule has 1 aliphatic carbocycles. The SMILES string of the molecule is CNc1cc(F)ccc1C(=N)c1cnc2[nH]cc(C(=O)NC3(CO)CC3)c2n1. The van der Waals surface area contributed by atoms with Crippen LogP contribution in [-0.2, 0) is 0 Å². The molecule has 1 amide bonds. The van der Waals surface area contributed by atoms with Crippen molar-refractivity contribution in [1.82, 2.24) is 20.3 Å². The third kappa shape index (κ3) is 3.09. The Hall–Kier alpha value is -3.33. The fraction of sp³-hybridized carbons (Fsp3) is 0.263. The average Bonchev–Trinajstić information content (AvgIpc) is 3.35. The molecule has 2 heterocycles. The maximum absolute atomic E-state index is 13.5. The highest BCUT2D eigenvalue weighted by atomic mass is 19.1. The van der Waals surface area contributed by atoms with E-state index in [2.05, 4.69) is 25.6 Å². The molecule has 0 atom stereocenters. The second-order valence-corrected chi connectivity index (χ2v) is 6.86. The Bertz CT molecular complexity index is 1090. The summed E-state index contributed by atoms with van der Waals surface area (Å²) in [6.07, 6.45) is 4.41. The van der Waals surface area contributed by atoms with Gasteiger partial charge in [0.2, 0.25) is 0 Å². The third-order valence-electron chi connectivity index (χ3n) is 4.94. The largest absolute Gasteiger partial charge is 0.394 e. The molecule has 144 valence electrons. The van der Waals surface area contributed by atoms with Crippen molar-refractivity contribution in [2.45, 2.75) is 18.4 Å². The highest BCUT2D eigenvalue weighted by molar-refractivity contribution is 6.14. The van der Waals surface area contributed by atoms with E-state index in [4.69, 9.17) is 5.41 Å². The van der Waals surface area contributed by atoms with Gasteiger partial charge >= 0.3 is 0 Å². The van der Waals surface area contributed by atoms with Gasteiger partial charge in [-0.1, -0.05) is 0 Å². The number of carbonyl (C=O) groups excluding carboxylic acids is 1. The number of fused-ring (bicyclic) bond motifs is 1. The van der Waals surface area contributed by atoms with E-state index in [1.807, 2.05) is 0 Å². The van der Waals surface area contributed by atoms with Crippen molar-refractivity contribution in [1.29, 1.82) is 5.41 Å². The lowest BCUT2D eigenvalue weighted by Gasteiger charge is -2.13. The maximum atomic E-state index is 13.5. The number of anilines is 1. The highest BCUT2D eigenvalue weighted by Gasteiger charge is 2.43. The molecule has 0 aliphatic heterocycles. The summed E-state index contributed by atoms with van der Waals surface area (Å²) in [5.41, 5.74) is 1.74. The topological polar surface area (TPSA) is 127 Å². The molecule has 28 heavy (non-hydrogen) atoms. The molecule has 1 aromatic carbocycles. The van der Waals surface area contributed by atoms with Crippen LogP contribution < -0.4 is 10.6 Å². The number of hydrogen-bond donors (Lipinski definition) is 5. The number of rotatable bonds is 6. The number of amides is 1. The van der Waals surface area contributed by atoms with E-state index < -0.39 is 11.4 Å². The number of benzene rings is 1. The van der Waals surface area contributed by atoms with Crippen LogP contribution in [0.25, 0.3) is 11.2 Å². The Kier molecular flexibility index (Phi) is 4.31. The second-order valence-electron chi connectivity index (χ2n) is 6.86. The lowest BCUT2D eigenvalue weighted by molar-refractivity contribution is 0.0908. The zero-order chi connectivity index (χ0) is 19.9. The van der Waals surface area contributed by atoms with Crippen LogP contribution in [0, 0.1) is 11.2 Å². The van der Waals surface area contributed by atoms with Gasteiger partial charge in [-0.2, -0.15) is 0 Å². The molecular weight excluding hydrogens is 363 g/mol. The van der Waals surface area contributed by atoms with Crippen molar-refractivity contribution in [3.05, 3.63) is 53.2 Å². The van der Waals surface area contributed by atoms with Gasteiger partial charge in [-0.3, -0.25) is 10.2 Å². The van der Waals surface area contributed by atoms with Crippen LogP contribution in [-0.4, -0.2) is 50.9 Å². The molecule has 0 saturated heterocycles. The molecule has 1 saturated carbocycles. The Labute approximate surface area is 159 Å². The molecule has 1 fully saturated rings. The predicted octanol–water partition coefficient (Wildman–Crippen LogP) is 1.81. The number of hydrogen-bond acceptors (Lipinski definition) is 6. The predicted molar refractivity (Wildman–Crippen MR) is 102 cm³/mol. The molecule has 0 radical (unpaired) electrons. The first-order valence-corrected chi connectivity index (χ1v) is 8.80. The van der Waals surface area contributed by atoms with Gasteiger partial charge in [0.15, 0.2) is 5.65 Å². The number of H-pyrrole nitrogens is 1. The zero-order valence-corrected chi connectivity index (χ0v) is 15.1. The summed E-state index contributed by atoms with van der Waals surface area (Å²) in [7, 11) is 1.64. The van der Waals surface area contributed by atoms with Crippen LogP contribution >= 0.6 is 0 Å². The summed E-state index contributed by atoms with van der Waals surface area (Å²) in [6, 6.07) is 4.07.